The molecule has 0 amide bonds. The summed E-state index contributed by atoms with van der Waals surface area (Å²) >= 11 is 0. The molecule has 0 saturated heterocycles. The lowest BCUT2D eigenvalue weighted by Gasteiger charge is -2.14. The quantitative estimate of drug-likeness (QED) is 0.201. The number of rotatable bonds is 10. The number of carbonyl (C=O) groups is 2. The molecule has 1 heterocycles. The standard InChI is InChI=1S/C21H21NO4.C4H4O4/c1-2-11-22-13-16(23)14-25-19-10-6-9-17-18(24)12-20(26-21(17)19)15-7-4-3-5-8-15;5-3(6)1-2-4(7)8/h2-10,12,16,22-23H,1,11,13-14H2;1-2H,(H,5,6)(H,7,8)/b;2-1-. The third kappa shape index (κ3) is 8.38. The number of hydrogen-bond acceptors (Lipinski definition) is 7. The Hall–Kier alpha value is -4.21. The van der Waals surface area contributed by atoms with Crippen molar-refractivity contribution in [1.29, 1.82) is 0 Å². The van der Waals surface area contributed by atoms with Crippen LogP contribution >= 0.6 is 0 Å². The van der Waals surface area contributed by atoms with E-state index in [4.69, 9.17) is 19.4 Å². The van der Waals surface area contributed by atoms with Crippen molar-refractivity contribution in [3.05, 3.63) is 89.6 Å². The lowest BCUT2D eigenvalue weighted by atomic mass is 10.1. The summed E-state index contributed by atoms with van der Waals surface area (Å²) in [6.07, 6.45) is 2.15. The van der Waals surface area contributed by atoms with Gasteiger partial charge in [-0.1, -0.05) is 42.5 Å². The summed E-state index contributed by atoms with van der Waals surface area (Å²) in [4.78, 5) is 31.6. The average molecular weight is 467 g/mol. The zero-order valence-electron chi connectivity index (χ0n) is 18.2. The predicted molar refractivity (Wildman–Crippen MR) is 127 cm³/mol. The Morgan fingerprint density at radius 2 is 1.74 bits per heavy atom. The summed E-state index contributed by atoms with van der Waals surface area (Å²) in [6, 6.07) is 16.1. The van der Waals surface area contributed by atoms with Crippen molar-refractivity contribution >= 4 is 22.9 Å². The zero-order valence-corrected chi connectivity index (χ0v) is 18.2. The van der Waals surface area contributed by atoms with Gasteiger partial charge in [-0.2, -0.15) is 0 Å². The molecule has 34 heavy (non-hydrogen) atoms. The number of nitrogens with one attached hydrogen (secondary N) is 1. The van der Waals surface area contributed by atoms with Crippen LogP contribution in [0.2, 0.25) is 0 Å². The fraction of sp³-hybridized carbons (Fsp3) is 0.160. The first-order valence-electron chi connectivity index (χ1n) is 10.2. The number of benzene rings is 2. The first-order valence-corrected chi connectivity index (χ1v) is 10.2. The Labute approximate surface area is 195 Å². The molecule has 0 spiro atoms. The molecule has 3 rings (SSSR count). The number of aliphatic hydroxyl groups excluding tert-OH is 1. The van der Waals surface area contributed by atoms with Gasteiger partial charge in [0.2, 0.25) is 0 Å². The zero-order chi connectivity index (χ0) is 24.9. The average Bonchev–Trinajstić information content (AvgIpc) is 2.82. The first-order chi connectivity index (χ1) is 16.3. The van der Waals surface area contributed by atoms with E-state index in [0.717, 1.165) is 5.56 Å². The minimum absolute atomic E-state index is 0.0858. The first kappa shape index (κ1) is 26.0. The van der Waals surface area contributed by atoms with Gasteiger partial charge in [-0.3, -0.25) is 4.79 Å². The largest absolute Gasteiger partial charge is 0.487 e. The molecular formula is C25H25NO8. The number of fused-ring (bicyclic) bond motifs is 1. The molecule has 9 nitrogen and oxygen atoms in total. The van der Waals surface area contributed by atoms with Crippen LogP contribution in [0.4, 0.5) is 0 Å². The van der Waals surface area contributed by atoms with E-state index in [1.54, 1.807) is 24.3 Å². The molecule has 3 aromatic rings. The molecule has 0 saturated carbocycles. The van der Waals surface area contributed by atoms with Crippen LogP contribution in [0.15, 0.2) is 88.6 Å². The number of aliphatic hydroxyl groups is 1. The second-order valence-electron chi connectivity index (χ2n) is 6.90. The minimum Gasteiger partial charge on any atom is -0.487 e. The molecule has 2 aromatic carbocycles. The van der Waals surface area contributed by atoms with Crippen LogP contribution in [0.1, 0.15) is 0 Å². The number of aliphatic carboxylic acids is 2. The Kier molecular flexibility index (Phi) is 10.2. The van der Waals surface area contributed by atoms with E-state index in [1.807, 2.05) is 30.3 Å². The molecule has 1 unspecified atom stereocenters. The van der Waals surface area contributed by atoms with Gasteiger partial charge in [0.1, 0.15) is 18.5 Å². The number of para-hydroxylation sites is 1. The summed E-state index contributed by atoms with van der Waals surface area (Å²) < 4.78 is 11.7. The summed E-state index contributed by atoms with van der Waals surface area (Å²) in [6.45, 7) is 4.69. The highest BCUT2D eigenvalue weighted by Gasteiger charge is 2.13. The van der Waals surface area contributed by atoms with Gasteiger partial charge in [0.25, 0.3) is 0 Å². The van der Waals surface area contributed by atoms with Gasteiger partial charge in [-0.25, -0.2) is 9.59 Å². The summed E-state index contributed by atoms with van der Waals surface area (Å²) in [5, 5.41) is 29.1. The van der Waals surface area contributed by atoms with Crippen molar-refractivity contribution in [3.63, 3.8) is 0 Å². The second-order valence-corrected chi connectivity index (χ2v) is 6.90. The normalized spacial score (nSPS) is 11.4. The highest BCUT2D eigenvalue weighted by Crippen LogP contribution is 2.28. The van der Waals surface area contributed by atoms with Crippen molar-refractivity contribution in [2.24, 2.45) is 0 Å². The van der Waals surface area contributed by atoms with Gasteiger partial charge in [0.15, 0.2) is 16.8 Å². The van der Waals surface area contributed by atoms with Crippen molar-refractivity contribution in [2.45, 2.75) is 6.10 Å². The number of carboxylic acids is 2. The Balaban J connectivity index is 0.000000440. The van der Waals surface area contributed by atoms with Gasteiger partial charge >= 0.3 is 11.9 Å². The van der Waals surface area contributed by atoms with Gasteiger partial charge in [-0.15, -0.1) is 6.58 Å². The maximum absolute atomic E-state index is 12.5. The number of ether oxygens (including phenoxy) is 1. The fourth-order valence-corrected chi connectivity index (χ4v) is 2.75. The molecule has 0 fully saturated rings. The lowest BCUT2D eigenvalue weighted by Crippen LogP contribution is -2.31. The van der Waals surface area contributed by atoms with Gasteiger partial charge in [0.05, 0.1) is 5.39 Å². The molecule has 0 radical (unpaired) electrons. The van der Waals surface area contributed by atoms with E-state index in [9.17, 15) is 19.5 Å². The number of hydrogen-bond donors (Lipinski definition) is 4. The Morgan fingerprint density at radius 1 is 1.06 bits per heavy atom. The van der Waals surface area contributed by atoms with Crippen molar-refractivity contribution in [3.8, 4) is 17.1 Å². The molecule has 0 aliphatic carbocycles. The molecule has 0 aliphatic rings. The molecule has 0 bridgehead atoms. The molecule has 1 aromatic heterocycles. The van der Waals surface area contributed by atoms with Gasteiger partial charge in [0, 0.05) is 36.9 Å². The molecule has 4 N–H and O–H groups in total. The third-order valence-corrected chi connectivity index (χ3v) is 4.25. The van der Waals surface area contributed by atoms with E-state index in [0.29, 0.717) is 47.7 Å². The topological polar surface area (TPSA) is 146 Å². The summed E-state index contributed by atoms with van der Waals surface area (Å²) in [7, 11) is 0. The van der Waals surface area contributed by atoms with Crippen molar-refractivity contribution < 1.29 is 34.1 Å². The smallest absolute Gasteiger partial charge is 0.328 e. The number of carboxylic acid groups (broad SMARTS) is 2. The molecular weight excluding hydrogens is 442 g/mol. The van der Waals surface area contributed by atoms with Crippen LogP contribution in [0, 0.1) is 0 Å². The fourth-order valence-electron chi connectivity index (χ4n) is 2.75. The SMILES string of the molecule is C=CCNCC(O)COc1cccc2c(=O)cc(-c3ccccc3)oc12.O=C(O)/C=C\C(=O)O. The van der Waals surface area contributed by atoms with Crippen LogP contribution in [0.5, 0.6) is 5.75 Å². The van der Waals surface area contributed by atoms with Gasteiger partial charge in [-0.05, 0) is 12.1 Å². The highest BCUT2D eigenvalue weighted by molar-refractivity contribution is 5.89. The summed E-state index contributed by atoms with van der Waals surface area (Å²) in [5.74, 6) is -1.60. The third-order valence-electron chi connectivity index (χ3n) is 4.25. The van der Waals surface area contributed by atoms with E-state index in [1.165, 1.54) is 6.07 Å². The van der Waals surface area contributed by atoms with Crippen LogP contribution in [-0.2, 0) is 9.59 Å². The molecule has 0 aliphatic heterocycles. The van der Waals surface area contributed by atoms with Crippen LogP contribution < -0.4 is 15.5 Å². The van der Waals surface area contributed by atoms with Crippen LogP contribution in [0.3, 0.4) is 0 Å². The van der Waals surface area contributed by atoms with E-state index in [2.05, 4.69) is 11.9 Å². The van der Waals surface area contributed by atoms with E-state index in [-0.39, 0.29) is 12.0 Å². The lowest BCUT2D eigenvalue weighted by molar-refractivity contribution is -0.134. The van der Waals surface area contributed by atoms with Crippen molar-refractivity contribution in [2.75, 3.05) is 19.7 Å². The van der Waals surface area contributed by atoms with Crippen LogP contribution in [-0.4, -0.2) is 53.1 Å². The molecule has 178 valence electrons. The maximum Gasteiger partial charge on any atom is 0.328 e. The molecule has 9 heteroatoms. The Morgan fingerprint density at radius 3 is 2.35 bits per heavy atom. The van der Waals surface area contributed by atoms with Gasteiger partial charge < -0.3 is 29.8 Å². The predicted octanol–water partition coefficient (Wildman–Crippen LogP) is 2.69. The minimum atomic E-state index is -1.26. The van der Waals surface area contributed by atoms with E-state index >= 15 is 0 Å². The van der Waals surface area contributed by atoms with Crippen LogP contribution in [0.25, 0.3) is 22.3 Å². The molecule has 1 atom stereocenters. The summed E-state index contributed by atoms with van der Waals surface area (Å²) in [5.41, 5.74) is 1.06. The monoisotopic (exact) mass is 467 g/mol. The second kappa shape index (κ2) is 13.4. The highest BCUT2D eigenvalue weighted by atomic mass is 16.5. The maximum atomic E-state index is 12.5. The Bertz CT molecular complexity index is 1180. The van der Waals surface area contributed by atoms with Crippen molar-refractivity contribution in [1.82, 2.24) is 5.32 Å². The van der Waals surface area contributed by atoms with E-state index < -0.39 is 18.0 Å².